The zero-order valence-corrected chi connectivity index (χ0v) is 16.6. The molecule has 3 fully saturated rings. The summed E-state index contributed by atoms with van der Waals surface area (Å²) in [6, 6.07) is -0.184. The largest absolute Gasteiger partial charge is 0.476 e. The van der Waals surface area contributed by atoms with Crippen LogP contribution in [0.25, 0.3) is 0 Å². The van der Waals surface area contributed by atoms with Gasteiger partial charge >= 0.3 is 0 Å². The maximum absolute atomic E-state index is 13.2. The van der Waals surface area contributed by atoms with Crippen LogP contribution in [0.15, 0.2) is 18.3 Å². The predicted molar refractivity (Wildman–Crippen MR) is 104 cm³/mol. The van der Waals surface area contributed by atoms with Crippen LogP contribution in [0.5, 0.6) is 5.88 Å². The number of rotatable bonds is 7. The summed E-state index contributed by atoms with van der Waals surface area (Å²) in [5.74, 6) is 0.832. The third kappa shape index (κ3) is 4.34. The van der Waals surface area contributed by atoms with Crippen molar-refractivity contribution in [3.63, 3.8) is 0 Å². The van der Waals surface area contributed by atoms with Crippen molar-refractivity contribution in [3.05, 3.63) is 29.7 Å². The first-order valence-electron chi connectivity index (χ1n) is 10.1. The van der Waals surface area contributed by atoms with E-state index in [4.69, 9.17) is 10.5 Å². The Kier molecular flexibility index (Phi) is 4.85. The van der Waals surface area contributed by atoms with Crippen LogP contribution in [0.2, 0.25) is 0 Å². The SMILES string of the molecule is CC1(C)CC(/C=C/C(N)=O)N(C(=O)c2cnc(C3CC3)c(OCC3CC3)n2)C1. The van der Waals surface area contributed by atoms with Gasteiger partial charge in [0.15, 0.2) is 5.69 Å². The van der Waals surface area contributed by atoms with Crippen LogP contribution in [-0.4, -0.2) is 45.9 Å². The van der Waals surface area contributed by atoms with E-state index >= 15 is 0 Å². The van der Waals surface area contributed by atoms with Crippen LogP contribution in [-0.2, 0) is 4.79 Å². The fraction of sp³-hybridized carbons (Fsp3) is 0.619. The Labute approximate surface area is 165 Å². The molecule has 7 nitrogen and oxygen atoms in total. The van der Waals surface area contributed by atoms with Crippen LogP contribution in [0.1, 0.15) is 68.1 Å². The highest BCUT2D eigenvalue weighted by Crippen LogP contribution is 2.43. The number of carbonyl (C=O) groups excluding carboxylic acids is 2. The first-order chi connectivity index (χ1) is 13.3. The number of likely N-dealkylation sites (tertiary alicyclic amines) is 1. The standard InChI is InChI=1S/C21H28N4O3/c1-21(2)9-15(7-8-17(22)26)25(12-21)20(27)16-10-23-18(14-5-6-14)19(24-16)28-11-13-3-4-13/h7-8,10,13-15H,3-6,9,11-12H2,1-2H3,(H2,22,26)/b8-7+. The molecule has 2 saturated carbocycles. The highest BCUT2D eigenvalue weighted by molar-refractivity contribution is 5.93. The maximum Gasteiger partial charge on any atom is 0.274 e. The molecule has 2 amide bonds. The average molecular weight is 384 g/mol. The second-order valence-corrected chi connectivity index (χ2v) is 9.10. The summed E-state index contributed by atoms with van der Waals surface area (Å²) in [5.41, 5.74) is 6.37. The van der Waals surface area contributed by atoms with Crippen molar-refractivity contribution in [2.45, 2.75) is 57.9 Å². The Morgan fingerprint density at radius 3 is 2.71 bits per heavy atom. The quantitative estimate of drug-likeness (QED) is 0.728. The molecule has 1 aliphatic heterocycles. The molecule has 1 aromatic heterocycles. The average Bonchev–Trinajstić information content (AvgIpc) is 3.55. The van der Waals surface area contributed by atoms with Gasteiger partial charge in [0.25, 0.3) is 5.91 Å². The van der Waals surface area contributed by atoms with E-state index in [2.05, 4.69) is 23.8 Å². The number of amides is 2. The van der Waals surface area contributed by atoms with Crippen molar-refractivity contribution in [3.8, 4) is 5.88 Å². The number of primary amides is 1. The molecule has 0 radical (unpaired) electrons. The minimum absolute atomic E-state index is 0.0466. The Balaban J connectivity index is 1.56. The fourth-order valence-electron chi connectivity index (χ4n) is 3.78. The molecule has 3 aliphatic rings. The van der Waals surface area contributed by atoms with E-state index in [0.717, 1.165) is 25.0 Å². The van der Waals surface area contributed by atoms with Gasteiger partial charge in [-0.25, -0.2) is 4.98 Å². The molecule has 1 unspecified atom stereocenters. The first kappa shape index (κ1) is 18.9. The molecule has 1 saturated heterocycles. The normalized spacial score (nSPS) is 23.9. The highest BCUT2D eigenvalue weighted by Gasteiger charge is 2.40. The van der Waals surface area contributed by atoms with Crippen LogP contribution in [0, 0.1) is 11.3 Å². The number of nitrogens with two attached hydrogens (primary N) is 1. The van der Waals surface area contributed by atoms with Crippen LogP contribution in [0.3, 0.4) is 0 Å². The van der Waals surface area contributed by atoms with Gasteiger partial charge in [0.05, 0.1) is 18.8 Å². The molecular weight excluding hydrogens is 356 g/mol. The van der Waals surface area contributed by atoms with Crippen molar-refractivity contribution >= 4 is 11.8 Å². The lowest BCUT2D eigenvalue weighted by Crippen LogP contribution is -2.36. The van der Waals surface area contributed by atoms with Crippen LogP contribution >= 0.6 is 0 Å². The highest BCUT2D eigenvalue weighted by atomic mass is 16.5. The van der Waals surface area contributed by atoms with Crippen molar-refractivity contribution in [2.75, 3.05) is 13.2 Å². The van der Waals surface area contributed by atoms with Gasteiger partial charge in [0, 0.05) is 18.5 Å². The molecule has 0 bridgehead atoms. The number of nitrogens with zero attached hydrogens (tertiary/aromatic N) is 3. The zero-order chi connectivity index (χ0) is 19.9. The Morgan fingerprint density at radius 2 is 2.07 bits per heavy atom. The lowest BCUT2D eigenvalue weighted by Gasteiger charge is -2.23. The monoisotopic (exact) mass is 384 g/mol. The second kappa shape index (κ2) is 7.18. The summed E-state index contributed by atoms with van der Waals surface area (Å²) >= 11 is 0. The Hall–Kier alpha value is -2.44. The summed E-state index contributed by atoms with van der Waals surface area (Å²) < 4.78 is 5.94. The van der Waals surface area contributed by atoms with Gasteiger partial charge in [-0.15, -0.1) is 0 Å². The minimum atomic E-state index is -0.513. The van der Waals surface area contributed by atoms with Gasteiger partial charge in [-0.2, -0.15) is 0 Å². The predicted octanol–water partition coefficient (Wildman–Crippen LogP) is 2.42. The van der Waals surface area contributed by atoms with E-state index in [1.54, 1.807) is 17.2 Å². The summed E-state index contributed by atoms with van der Waals surface area (Å²) in [5, 5.41) is 0. The molecule has 1 aromatic rings. The Morgan fingerprint density at radius 1 is 1.32 bits per heavy atom. The third-order valence-electron chi connectivity index (χ3n) is 5.61. The summed E-state index contributed by atoms with van der Waals surface area (Å²) in [6.07, 6.45) is 9.97. The molecule has 150 valence electrons. The molecule has 4 rings (SSSR count). The van der Waals surface area contributed by atoms with Gasteiger partial charge in [-0.05, 0) is 43.4 Å². The summed E-state index contributed by atoms with van der Waals surface area (Å²) in [7, 11) is 0. The first-order valence-corrected chi connectivity index (χ1v) is 10.1. The van der Waals surface area contributed by atoms with Crippen molar-refractivity contribution in [1.29, 1.82) is 0 Å². The summed E-state index contributed by atoms with van der Waals surface area (Å²) in [6.45, 7) is 5.45. The number of aromatic nitrogens is 2. The van der Waals surface area contributed by atoms with E-state index in [1.165, 1.54) is 18.9 Å². The number of hydrogen-bond donors (Lipinski definition) is 1. The van der Waals surface area contributed by atoms with Gasteiger partial charge < -0.3 is 15.4 Å². The number of carbonyl (C=O) groups is 2. The van der Waals surface area contributed by atoms with Crippen molar-refractivity contribution in [1.82, 2.24) is 14.9 Å². The topological polar surface area (TPSA) is 98.4 Å². The van der Waals surface area contributed by atoms with E-state index in [0.29, 0.717) is 36.6 Å². The lowest BCUT2D eigenvalue weighted by molar-refractivity contribution is -0.113. The zero-order valence-electron chi connectivity index (χ0n) is 16.6. The second-order valence-electron chi connectivity index (χ2n) is 9.10. The molecule has 0 spiro atoms. The van der Waals surface area contributed by atoms with E-state index < -0.39 is 5.91 Å². The molecular formula is C21H28N4O3. The van der Waals surface area contributed by atoms with Gasteiger partial charge in [0.1, 0.15) is 5.69 Å². The number of hydrogen-bond acceptors (Lipinski definition) is 5. The minimum Gasteiger partial charge on any atom is -0.476 e. The Bertz CT molecular complexity index is 812. The van der Waals surface area contributed by atoms with Gasteiger partial charge in [-0.1, -0.05) is 19.9 Å². The van der Waals surface area contributed by atoms with E-state index in [-0.39, 0.29) is 17.4 Å². The third-order valence-corrected chi connectivity index (χ3v) is 5.61. The van der Waals surface area contributed by atoms with Gasteiger partial charge in [0.2, 0.25) is 11.8 Å². The van der Waals surface area contributed by atoms with E-state index in [1.807, 2.05) is 0 Å². The summed E-state index contributed by atoms with van der Waals surface area (Å²) in [4.78, 5) is 35.2. The van der Waals surface area contributed by atoms with Crippen molar-refractivity contribution in [2.24, 2.45) is 17.1 Å². The fourth-order valence-corrected chi connectivity index (χ4v) is 3.78. The van der Waals surface area contributed by atoms with E-state index in [9.17, 15) is 9.59 Å². The van der Waals surface area contributed by atoms with Gasteiger partial charge in [-0.3, -0.25) is 14.6 Å². The van der Waals surface area contributed by atoms with Crippen LogP contribution in [0.4, 0.5) is 0 Å². The molecule has 1 atom stereocenters. The molecule has 2 N–H and O–H groups in total. The smallest absolute Gasteiger partial charge is 0.274 e. The lowest BCUT2D eigenvalue weighted by atomic mass is 9.90. The molecule has 2 aliphatic carbocycles. The molecule has 2 heterocycles. The van der Waals surface area contributed by atoms with Crippen molar-refractivity contribution < 1.29 is 14.3 Å². The molecule has 7 heteroatoms. The molecule has 28 heavy (non-hydrogen) atoms. The van der Waals surface area contributed by atoms with Crippen LogP contribution < -0.4 is 10.5 Å². The number of ether oxygens (including phenoxy) is 1. The maximum atomic E-state index is 13.2. The molecule has 0 aromatic carbocycles.